The zero-order valence-corrected chi connectivity index (χ0v) is 12.1. The van der Waals surface area contributed by atoms with Gasteiger partial charge in [0.1, 0.15) is 5.75 Å². The molecule has 106 valence electrons. The molecule has 0 fully saturated rings. The topological polar surface area (TPSA) is 57.4 Å². The van der Waals surface area contributed by atoms with Gasteiger partial charge in [0, 0.05) is 6.07 Å². The summed E-state index contributed by atoms with van der Waals surface area (Å²) in [6, 6.07) is 9.52. The van der Waals surface area contributed by atoms with Crippen LogP contribution in [0.15, 0.2) is 30.3 Å². The van der Waals surface area contributed by atoms with E-state index in [1.807, 2.05) is 39.0 Å². The molecule has 4 heteroatoms. The molecule has 0 aliphatic carbocycles. The summed E-state index contributed by atoms with van der Waals surface area (Å²) in [7, 11) is 0. The smallest absolute Gasteiger partial charge is 0.240 e. The van der Waals surface area contributed by atoms with E-state index in [1.54, 1.807) is 12.1 Å². The predicted octanol–water partition coefficient (Wildman–Crippen LogP) is 3.86. The number of nitrogen functional groups attached to an aromatic ring is 1. The average Bonchev–Trinajstić information content (AvgIpc) is 2.43. The lowest BCUT2D eigenvalue weighted by Gasteiger charge is -2.12. The van der Waals surface area contributed by atoms with Crippen molar-refractivity contribution in [2.45, 2.75) is 27.2 Å². The normalized spacial score (nSPS) is 10.3. The van der Waals surface area contributed by atoms with Crippen LogP contribution in [0.2, 0.25) is 0 Å². The molecule has 0 saturated carbocycles. The van der Waals surface area contributed by atoms with Crippen LogP contribution in [0.4, 0.5) is 5.69 Å². The number of hydrogen-bond donors (Lipinski definition) is 1. The van der Waals surface area contributed by atoms with Gasteiger partial charge in [0.2, 0.25) is 11.8 Å². The van der Waals surface area contributed by atoms with Gasteiger partial charge in [-0.2, -0.15) is 4.98 Å². The Kier molecular flexibility index (Phi) is 4.45. The van der Waals surface area contributed by atoms with Crippen LogP contribution in [-0.4, -0.2) is 11.6 Å². The molecule has 1 aromatic heterocycles. The van der Waals surface area contributed by atoms with E-state index in [9.17, 15) is 0 Å². The third-order valence-electron chi connectivity index (χ3n) is 2.92. The van der Waals surface area contributed by atoms with Gasteiger partial charge in [0.25, 0.3) is 0 Å². The fourth-order valence-electron chi connectivity index (χ4n) is 1.87. The van der Waals surface area contributed by atoms with E-state index in [0.717, 1.165) is 23.3 Å². The Hall–Kier alpha value is -2.23. The van der Waals surface area contributed by atoms with Crippen molar-refractivity contribution in [3.8, 4) is 17.5 Å². The molecule has 0 bridgehead atoms. The molecule has 2 aromatic rings. The van der Waals surface area contributed by atoms with E-state index in [2.05, 4.69) is 4.98 Å². The highest BCUT2D eigenvalue weighted by atomic mass is 16.5. The maximum atomic E-state index is 5.87. The van der Waals surface area contributed by atoms with Crippen LogP contribution < -0.4 is 15.2 Å². The molecular formula is C16H20N2O2. The first-order valence-corrected chi connectivity index (χ1v) is 6.75. The first-order valence-electron chi connectivity index (χ1n) is 6.75. The first kappa shape index (κ1) is 14.2. The SMILES string of the molecule is CCCOc1nc(Oc2c(C)cccc2C)ccc1N. The van der Waals surface area contributed by atoms with Gasteiger partial charge < -0.3 is 15.2 Å². The van der Waals surface area contributed by atoms with Crippen LogP contribution in [0.25, 0.3) is 0 Å². The largest absolute Gasteiger partial charge is 0.476 e. The molecule has 0 amide bonds. The third kappa shape index (κ3) is 3.20. The first-order chi connectivity index (χ1) is 9.61. The molecule has 20 heavy (non-hydrogen) atoms. The molecular weight excluding hydrogens is 252 g/mol. The van der Waals surface area contributed by atoms with Crippen LogP contribution in [0, 0.1) is 13.8 Å². The summed E-state index contributed by atoms with van der Waals surface area (Å²) in [4.78, 5) is 4.32. The standard InChI is InChI=1S/C16H20N2O2/c1-4-10-19-16-13(17)8-9-14(18-16)20-15-11(2)6-5-7-12(15)3/h5-9H,4,10,17H2,1-3H3. The lowest BCUT2D eigenvalue weighted by atomic mass is 10.1. The van der Waals surface area contributed by atoms with Crippen LogP contribution in [0.1, 0.15) is 24.5 Å². The zero-order valence-electron chi connectivity index (χ0n) is 12.1. The van der Waals surface area contributed by atoms with E-state index in [-0.39, 0.29) is 0 Å². The minimum atomic E-state index is 0.426. The molecule has 1 heterocycles. The van der Waals surface area contributed by atoms with Crippen molar-refractivity contribution in [3.63, 3.8) is 0 Å². The number of benzene rings is 1. The summed E-state index contributed by atoms with van der Waals surface area (Å²) in [6.07, 6.45) is 0.906. The van der Waals surface area contributed by atoms with Gasteiger partial charge in [-0.05, 0) is 37.5 Å². The Labute approximate surface area is 119 Å². The fraction of sp³-hybridized carbons (Fsp3) is 0.312. The maximum Gasteiger partial charge on any atom is 0.240 e. The molecule has 2 N–H and O–H groups in total. The number of rotatable bonds is 5. The van der Waals surface area contributed by atoms with Crippen molar-refractivity contribution in [1.82, 2.24) is 4.98 Å². The predicted molar refractivity (Wildman–Crippen MR) is 80.4 cm³/mol. The number of nitrogens with two attached hydrogens (primary N) is 1. The number of aromatic nitrogens is 1. The zero-order chi connectivity index (χ0) is 14.5. The minimum Gasteiger partial charge on any atom is -0.476 e. The van der Waals surface area contributed by atoms with Crippen molar-refractivity contribution in [1.29, 1.82) is 0 Å². The molecule has 2 rings (SSSR count). The van der Waals surface area contributed by atoms with Gasteiger partial charge in [-0.15, -0.1) is 0 Å². The molecule has 0 unspecified atom stereocenters. The van der Waals surface area contributed by atoms with Crippen LogP contribution in [0.3, 0.4) is 0 Å². The minimum absolute atomic E-state index is 0.426. The summed E-state index contributed by atoms with van der Waals surface area (Å²) in [5, 5.41) is 0. The number of hydrogen-bond acceptors (Lipinski definition) is 4. The Morgan fingerprint density at radius 3 is 2.45 bits per heavy atom. The number of aryl methyl sites for hydroxylation is 2. The van der Waals surface area contributed by atoms with E-state index in [4.69, 9.17) is 15.2 Å². The summed E-state index contributed by atoms with van der Waals surface area (Å²) < 4.78 is 11.4. The fourth-order valence-corrected chi connectivity index (χ4v) is 1.87. The van der Waals surface area contributed by atoms with Crippen molar-refractivity contribution in [2.24, 2.45) is 0 Å². The monoisotopic (exact) mass is 272 g/mol. The highest BCUT2D eigenvalue weighted by molar-refractivity contribution is 5.50. The molecule has 0 atom stereocenters. The van der Waals surface area contributed by atoms with Crippen LogP contribution in [-0.2, 0) is 0 Å². The molecule has 4 nitrogen and oxygen atoms in total. The lowest BCUT2D eigenvalue weighted by molar-refractivity contribution is 0.302. The maximum absolute atomic E-state index is 5.87. The highest BCUT2D eigenvalue weighted by Crippen LogP contribution is 2.30. The number of para-hydroxylation sites is 1. The quantitative estimate of drug-likeness (QED) is 0.897. The molecule has 0 saturated heterocycles. The molecule has 0 aliphatic heterocycles. The Balaban J connectivity index is 2.25. The molecule has 0 radical (unpaired) electrons. The van der Waals surface area contributed by atoms with E-state index >= 15 is 0 Å². The van der Waals surface area contributed by atoms with Gasteiger partial charge in [-0.25, -0.2) is 0 Å². The number of ether oxygens (including phenoxy) is 2. The van der Waals surface area contributed by atoms with Crippen LogP contribution in [0.5, 0.6) is 17.5 Å². The van der Waals surface area contributed by atoms with E-state index in [0.29, 0.717) is 24.1 Å². The van der Waals surface area contributed by atoms with Gasteiger partial charge in [-0.3, -0.25) is 0 Å². The second-order valence-corrected chi connectivity index (χ2v) is 4.72. The lowest BCUT2D eigenvalue weighted by Crippen LogP contribution is -2.02. The summed E-state index contributed by atoms with van der Waals surface area (Å²) >= 11 is 0. The van der Waals surface area contributed by atoms with Crippen molar-refractivity contribution in [3.05, 3.63) is 41.5 Å². The van der Waals surface area contributed by atoms with Crippen molar-refractivity contribution < 1.29 is 9.47 Å². The summed E-state index contributed by atoms with van der Waals surface area (Å²) in [5.41, 5.74) is 8.50. The van der Waals surface area contributed by atoms with Crippen molar-refractivity contribution in [2.75, 3.05) is 12.3 Å². The Morgan fingerprint density at radius 2 is 1.80 bits per heavy atom. The Morgan fingerprint density at radius 1 is 1.10 bits per heavy atom. The second kappa shape index (κ2) is 6.28. The molecule has 0 aliphatic rings. The highest BCUT2D eigenvalue weighted by Gasteiger charge is 2.09. The average molecular weight is 272 g/mol. The summed E-state index contributed by atoms with van der Waals surface area (Å²) in [6.45, 7) is 6.64. The van der Waals surface area contributed by atoms with E-state index in [1.165, 1.54) is 0 Å². The molecule has 0 spiro atoms. The number of nitrogens with zero attached hydrogens (tertiary/aromatic N) is 1. The van der Waals surface area contributed by atoms with Gasteiger partial charge >= 0.3 is 0 Å². The van der Waals surface area contributed by atoms with Crippen molar-refractivity contribution >= 4 is 5.69 Å². The second-order valence-electron chi connectivity index (χ2n) is 4.72. The molecule has 1 aromatic carbocycles. The number of pyridine rings is 1. The van der Waals surface area contributed by atoms with Gasteiger partial charge in [0.15, 0.2) is 0 Å². The Bertz CT molecular complexity index is 577. The van der Waals surface area contributed by atoms with E-state index < -0.39 is 0 Å². The number of anilines is 1. The summed E-state index contributed by atoms with van der Waals surface area (Å²) in [5.74, 6) is 1.74. The van der Waals surface area contributed by atoms with Gasteiger partial charge in [-0.1, -0.05) is 25.1 Å². The third-order valence-corrected chi connectivity index (χ3v) is 2.92. The van der Waals surface area contributed by atoms with Gasteiger partial charge in [0.05, 0.1) is 12.3 Å². The van der Waals surface area contributed by atoms with Crippen LogP contribution >= 0.6 is 0 Å².